The quantitative estimate of drug-likeness (QED) is 0.657. The number of rotatable bonds is 4. The Morgan fingerprint density at radius 2 is 2.35 bits per heavy atom. The molecule has 1 aromatic heterocycles. The van der Waals surface area contributed by atoms with Crippen LogP contribution in [0.4, 0.5) is 5.69 Å². The van der Waals surface area contributed by atoms with E-state index in [0.29, 0.717) is 5.75 Å². The summed E-state index contributed by atoms with van der Waals surface area (Å²) >= 11 is 2.73. The molecule has 0 spiro atoms. The minimum Gasteiger partial charge on any atom is -0.476 e. The standard InChI is InChI=1S/C11H10N2O2S2/c12-7-2-1-3-9(4-7)16-5-8-6-17-10(13-8)11(14)15/h1-4,6H,5,12H2,(H,14,15). The molecule has 0 radical (unpaired) electrons. The van der Waals surface area contributed by atoms with Crippen LogP contribution in [0.2, 0.25) is 0 Å². The zero-order chi connectivity index (χ0) is 12.3. The van der Waals surface area contributed by atoms with Crippen LogP contribution < -0.4 is 5.73 Å². The third-order valence-corrected chi connectivity index (χ3v) is 3.89. The Morgan fingerprint density at radius 3 is 3.00 bits per heavy atom. The lowest BCUT2D eigenvalue weighted by atomic mass is 10.3. The Kier molecular flexibility index (Phi) is 3.65. The normalized spacial score (nSPS) is 10.4. The molecule has 1 heterocycles. The summed E-state index contributed by atoms with van der Waals surface area (Å²) in [5.74, 6) is -0.331. The molecule has 4 nitrogen and oxygen atoms in total. The molecule has 6 heteroatoms. The molecule has 0 aliphatic rings. The van der Waals surface area contributed by atoms with Gasteiger partial charge in [-0.05, 0) is 18.2 Å². The van der Waals surface area contributed by atoms with Gasteiger partial charge < -0.3 is 10.8 Å². The molecule has 0 aliphatic heterocycles. The highest BCUT2D eigenvalue weighted by atomic mass is 32.2. The molecule has 2 rings (SSSR count). The Labute approximate surface area is 106 Å². The van der Waals surface area contributed by atoms with Crippen molar-refractivity contribution in [2.45, 2.75) is 10.6 Å². The first-order chi connectivity index (χ1) is 8.15. The van der Waals surface area contributed by atoms with E-state index in [9.17, 15) is 4.79 Å². The number of hydrogen-bond donors (Lipinski definition) is 2. The smallest absolute Gasteiger partial charge is 0.365 e. The Bertz CT molecular complexity index is 540. The van der Waals surface area contributed by atoms with Crippen LogP contribution in [0.1, 0.15) is 15.5 Å². The van der Waals surface area contributed by atoms with E-state index in [4.69, 9.17) is 10.8 Å². The van der Waals surface area contributed by atoms with Crippen LogP contribution in [0.5, 0.6) is 0 Å². The van der Waals surface area contributed by atoms with Crippen LogP contribution >= 0.6 is 23.1 Å². The van der Waals surface area contributed by atoms with Crippen LogP contribution in [-0.2, 0) is 5.75 Å². The summed E-state index contributed by atoms with van der Waals surface area (Å²) in [6, 6.07) is 7.57. The maximum atomic E-state index is 10.7. The van der Waals surface area contributed by atoms with E-state index < -0.39 is 5.97 Å². The molecule has 3 N–H and O–H groups in total. The highest BCUT2D eigenvalue weighted by molar-refractivity contribution is 7.98. The summed E-state index contributed by atoms with van der Waals surface area (Å²) in [7, 11) is 0. The minimum absolute atomic E-state index is 0.133. The van der Waals surface area contributed by atoms with Crippen LogP contribution in [0.25, 0.3) is 0 Å². The average Bonchev–Trinajstić information content (AvgIpc) is 2.75. The summed E-state index contributed by atoms with van der Waals surface area (Å²) in [6.07, 6.45) is 0. The van der Waals surface area contributed by atoms with Gasteiger partial charge in [0.2, 0.25) is 5.01 Å². The first-order valence-corrected chi connectivity index (χ1v) is 6.68. The van der Waals surface area contributed by atoms with Crippen molar-refractivity contribution in [3.05, 3.63) is 40.3 Å². The Balaban J connectivity index is 2.00. The van der Waals surface area contributed by atoms with Gasteiger partial charge in [0.15, 0.2) is 0 Å². The number of nitrogens with zero attached hydrogens (tertiary/aromatic N) is 1. The zero-order valence-electron chi connectivity index (χ0n) is 8.79. The van der Waals surface area contributed by atoms with Crippen molar-refractivity contribution in [2.75, 3.05) is 5.73 Å². The molecular formula is C11H10N2O2S2. The van der Waals surface area contributed by atoms with Crippen molar-refractivity contribution in [3.63, 3.8) is 0 Å². The molecule has 1 aromatic carbocycles. The van der Waals surface area contributed by atoms with Crippen molar-refractivity contribution >= 4 is 34.8 Å². The largest absolute Gasteiger partial charge is 0.476 e. The van der Waals surface area contributed by atoms with Crippen molar-refractivity contribution in [2.24, 2.45) is 0 Å². The number of anilines is 1. The van der Waals surface area contributed by atoms with Gasteiger partial charge in [-0.15, -0.1) is 23.1 Å². The number of nitrogens with two attached hydrogens (primary N) is 1. The van der Waals surface area contributed by atoms with Gasteiger partial charge in [-0.2, -0.15) is 0 Å². The van der Waals surface area contributed by atoms with E-state index >= 15 is 0 Å². The second kappa shape index (κ2) is 5.20. The SMILES string of the molecule is Nc1cccc(SCc2csc(C(=O)O)n2)c1. The number of carboxylic acids is 1. The van der Waals surface area contributed by atoms with Gasteiger partial charge >= 0.3 is 5.97 Å². The van der Waals surface area contributed by atoms with Gasteiger partial charge in [0, 0.05) is 21.7 Å². The highest BCUT2D eigenvalue weighted by Gasteiger charge is 2.08. The summed E-state index contributed by atoms with van der Waals surface area (Å²) in [5, 5.41) is 10.6. The van der Waals surface area contributed by atoms with Gasteiger partial charge in [-0.1, -0.05) is 6.07 Å². The number of thiazole rings is 1. The maximum Gasteiger partial charge on any atom is 0.365 e. The number of hydrogen-bond acceptors (Lipinski definition) is 5. The lowest BCUT2D eigenvalue weighted by molar-refractivity contribution is 0.0696. The van der Waals surface area contributed by atoms with Gasteiger partial charge in [-0.3, -0.25) is 0 Å². The molecule has 0 fully saturated rings. The molecule has 0 aliphatic carbocycles. The third-order valence-electron chi connectivity index (χ3n) is 1.98. The number of nitrogen functional groups attached to an aromatic ring is 1. The van der Waals surface area contributed by atoms with Crippen LogP contribution in [0, 0.1) is 0 Å². The van der Waals surface area contributed by atoms with E-state index in [2.05, 4.69) is 4.98 Å². The van der Waals surface area contributed by atoms with Crippen molar-refractivity contribution in [3.8, 4) is 0 Å². The molecular weight excluding hydrogens is 256 g/mol. The minimum atomic E-state index is -0.977. The molecule has 17 heavy (non-hydrogen) atoms. The molecule has 0 unspecified atom stereocenters. The number of carboxylic acid groups (broad SMARTS) is 1. The Hall–Kier alpha value is -1.53. The fraction of sp³-hybridized carbons (Fsp3) is 0.0909. The van der Waals surface area contributed by atoms with E-state index in [1.165, 1.54) is 0 Å². The molecule has 2 aromatic rings. The predicted octanol–water partition coefficient (Wildman–Crippen LogP) is 2.72. The van der Waals surface area contributed by atoms with Crippen LogP contribution in [0.15, 0.2) is 34.5 Å². The number of benzene rings is 1. The monoisotopic (exact) mass is 266 g/mol. The number of aromatic nitrogens is 1. The number of thioether (sulfide) groups is 1. The molecule has 0 saturated heterocycles. The van der Waals surface area contributed by atoms with E-state index in [1.807, 2.05) is 24.3 Å². The molecule has 88 valence electrons. The van der Waals surface area contributed by atoms with E-state index in [-0.39, 0.29) is 5.01 Å². The van der Waals surface area contributed by atoms with E-state index in [0.717, 1.165) is 27.6 Å². The summed E-state index contributed by atoms with van der Waals surface area (Å²) in [6.45, 7) is 0. The predicted molar refractivity (Wildman–Crippen MR) is 69.5 cm³/mol. The van der Waals surface area contributed by atoms with Crippen LogP contribution in [-0.4, -0.2) is 16.1 Å². The van der Waals surface area contributed by atoms with Crippen molar-refractivity contribution in [1.82, 2.24) is 4.98 Å². The maximum absolute atomic E-state index is 10.7. The first-order valence-electron chi connectivity index (χ1n) is 4.81. The van der Waals surface area contributed by atoms with Gasteiger partial charge in [0.05, 0.1) is 5.69 Å². The summed E-state index contributed by atoms with van der Waals surface area (Å²) in [4.78, 5) is 15.7. The topological polar surface area (TPSA) is 76.2 Å². The van der Waals surface area contributed by atoms with E-state index in [1.54, 1.807) is 17.1 Å². The lowest BCUT2D eigenvalue weighted by Crippen LogP contribution is -1.95. The fourth-order valence-corrected chi connectivity index (χ4v) is 2.85. The highest BCUT2D eigenvalue weighted by Crippen LogP contribution is 2.24. The first kappa shape index (κ1) is 11.9. The Morgan fingerprint density at radius 1 is 1.53 bits per heavy atom. The third kappa shape index (κ3) is 3.21. The average molecular weight is 266 g/mol. The van der Waals surface area contributed by atoms with Gasteiger partial charge in [-0.25, -0.2) is 9.78 Å². The molecule has 0 amide bonds. The molecule has 0 atom stereocenters. The number of carbonyl (C=O) groups is 1. The second-order valence-electron chi connectivity index (χ2n) is 3.31. The van der Waals surface area contributed by atoms with Gasteiger partial charge in [0.25, 0.3) is 0 Å². The second-order valence-corrected chi connectivity index (χ2v) is 5.22. The molecule has 0 bridgehead atoms. The summed E-state index contributed by atoms with van der Waals surface area (Å²) < 4.78 is 0. The van der Waals surface area contributed by atoms with Crippen molar-refractivity contribution < 1.29 is 9.90 Å². The van der Waals surface area contributed by atoms with Crippen molar-refractivity contribution in [1.29, 1.82) is 0 Å². The fourth-order valence-electron chi connectivity index (χ4n) is 1.23. The summed E-state index contributed by atoms with van der Waals surface area (Å²) in [5.41, 5.74) is 7.17. The van der Waals surface area contributed by atoms with Crippen LogP contribution in [0.3, 0.4) is 0 Å². The lowest BCUT2D eigenvalue weighted by Gasteiger charge is -2.00. The zero-order valence-corrected chi connectivity index (χ0v) is 10.4. The number of aromatic carboxylic acids is 1. The van der Waals surface area contributed by atoms with Gasteiger partial charge in [0.1, 0.15) is 0 Å². The molecule has 0 saturated carbocycles.